The normalized spacial score (nSPS) is 11.8. The molecule has 1 heterocycles. The monoisotopic (exact) mass is 387 g/mol. The number of nitrogens with zero attached hydrogens (tertiary/aromatic N) is 2. The zero-order valence-electron chi connectivity index (χ0n) is 14.6. The number of hydrogen-bond acceptors (Lipinski definition) is 2. The smallest absolute Gasteiger partial charge is 0.280 e. The van der Waals surface area contributed by atoms with Crippen LogP contribution in [0.25, 0.3) is 5.69 Å². The molecule has 4 nitrogen and oxygen atoms in total. The Hall–Kier alpha value is -2.30. The van der Waals surface area contributed by atoms with Gasteiger partial charge >= 0.3 is 0 Å². The lowest BCUT2D eigenvalue weighted by Gasteiger charge is -2.06. The summed E-state index contributed by atoms with van der Waals surface area (Å²) in [7, 11) is 0. The number of aromatic nitrogens is 2. The number of aryl methyl sites for hydroxylation is 1. The highest BCUT2D eigenvalue weighted by Crippen LogP contribution is 2.17. The molecular weight excluding hydrogens is 369 g/mol. The fourth-order valence-electron chi connectivity index (χ4n) is 2.74. The topological polar surface area (TPSA) is 50.1 Å². The predicted molar refractivity (Wildman–Crippen MR) is 108 cm³/mol. The van der Waals surface area contributed by atoms with Gasteiger partial charge in [0.25, 0.3) is 5.56 Å². The summed E-state index contributed by atoms with van der Waals surface area (Å²) in [6.45, 7) is 4.57. The second kappa shape index (κ2) is 7.94. The second-order valence-corrected chi connectivity index (χ2v) is 6.84. The molecule has 6 heteroatoms. The molecule has 0 radical (unpaired) electrons. The highest BCUT2D eigenvalue weighted by atomic mass is 35.5. The summed E-state index contributed by atoms with van der Waals surface area (Å²) in [6, 6.07) is 14.5. The Kier molecular flexibility index (Phi) is 5.64. The molecule has 0 aliphatic heterocycles. The van der Waals surface area contributed by atoms with Gasteiger partial charge in [0.1, 0.15) is 0 Å². The Morgan fingerprint density at radius 1 is 1.04 bits per heavy atom. The molecule has 0 aliphatic carbocycles. The van der Waals surface area contributed by atoms with Gasteiger partial charge in [-0.3, -0.25) is 14.9 Å². The first-order chi connectivity index (χ1) is 12.5. The minimum absolute atomic E-state index is 0.144. The number of nitrogens with one attached hydrogen (secondary N) is 1. The van der Waals surface area contributed by atoms with Crippen LogP contribution in [0.4, 0.5) is 0 Å². The van der Waals surface area contributed by atoms with E-state index in [-0.39, 0.29) is 5.56 Å². The van der Waals surface area contributed by atoms with Gasteiger partial charge in [-0.05, 0) is 49.7 Å². The van der Waals surface area contributed by atoms with Crippen molar-refractivity contribution in [1.82, 2.24) is 9.78 Å². The van der Waals surface area contributed by atoms with Crippen molar-refractivity contribution in [3.8, 4) is 5.69 Å². The fraction of sp³-hybridized carbons (Fsp3) is 0.200. The maximum Gasteiger partial charge on any atom is 0.280 e. The maximum atomic E-state index is 13.1. The van der Waals surface area contributed by atoms with Gasteiger partial charge in [0.15, 0.2) is 0 Å². The second-order valence-electron chi connectivity index (χ2n) is 5.97. The van der Waals surface area contributed by atoms with Gasteiger partial charge < -0.3 is 0 Å². The van der Waals surface area contributed by atoms with Crippen molar-refractivity contribution in [2.75, 3.05) is 6.54 Å². The average molecular weight is 388 g/mol. The third-order valence-electron chi connectivity index (χ3n) is 4.00. The van der Waals surface area contributed by atoms with E-state index < -0.39 is 0 Å². The van der Waals surface area contributed by atoms with Crippen LogP contribution in [0.5, 0.6) is 0 Å². The van der Waals surface area contributed by atoms with E-state index in [1.54, 1.807) is 36.4 Å². The summed E-state index contributed by atoms with van der Waals surface area (Å²) in [6.07, 6.45) is 0.895. The van der Waals surface area contributed by atoms with Crippen LogP contribution >= 0.6 is 23.2 Å². The van der Waals surface area contributed by atoms with Crippen LogP contribution in [0.2, 0.25) is 10.0 Å². The average Bonchev–Trinajstić information content (AvgIpc) is 2.92. The van der Waals surface area contributed by atoms with Crippen molar-refractivity contribution in [3.63, 3.8) is 0 Å². The van der Waals surface area contributed by atoms with E-state index in [1.807, 2.05) is 19.1 Å². The molecule has 2 aromatic carbocycles. The molecule has 0 bridgehead atoms. The van der Waals surface area contributed by atoms with E-state index in [2.05, 4.69) is 17.0 Å². The molecule has 0 atom stereocenters. The summed E-state index contributed by atoms with van der Waals surface area (Å²) >= 11 is 12.0. The van der Waals surface area contributed by atoms with E-state index >= 15 is 0 Å². The molecule has 3 rings (SSSR count). The van der Waals surface area contributed by atoms with Crippen LogP contribution in [0.15, 0.2) is 58.3 Å². The van der Waals surface area contributed by atoms with Gasteiger partial charge in [-0.25, -0.2) is 4.68 Å². The number of benzene rings is 2. The van der Waals surface area contributed by atoms with Crippen molar-refractivity contribution < 1.29 is 0 Å². The van der Waals surface area contributed by atoms with Crippen LogP contribution in [0, 0.1) is 6.92 Å². The molecule has 134 valence electrons. The van der Waals surface area contributed by atoms with Crippen molar-refractivity contribution in [2.45, 2.75) is 20.3 Å². The van der Waals surface area contributed by atoms with Crippen LogP contribution < -0.4 is 5.56 Å². The van der Waals surface area contributed by atoms with Gasteiger partial charge in [-0.15, -0.1) is 0 Å². The summed E-state index contributed by atoms with van der Waals surface area (Å²) in [5.41, 5.74) is 3.44. The van der Waals surface area contributed by atoms with Gasteiger partial charge in [0, 0.05) is 27.8 Å². The molecule has 1 aromatic heterocycles. The first kappa shape index (κ1) is 18.5. The zero-order chi connectivity index (χ0) is 18.7. The molecule has 0 saturated carbocycles. The lowest BCUT2D eigenvalue weighted by molar-refractivity contribution is 0.835. The molecule has 3 aromatic rings. The summed E-state index contributed by atoms with van der Waals surface area (Å²) in [5.74, 6) is 0. The summed E-state index contributed by atoms with van der Waals surface area (Å²) in [5, 5.41) is 4.41. The van der Waals surface area contributed by atoms with Gasteiger partial charge in [-0.2, -0.15) is 0 Å². The Labute approximate surface area is 162 Å². The molecule has 26 heavy (non-hydrogen) atoms. The van der Waals surface area contributed by atoms with Gasteiger partial charge in [-0.1, -0.05) is 42.3 Å². The minimum Gasteiger partial charge on any atom is -0.295 e. The van der Waals surface area contributed by atoms with Crippen molar-refractivity contribution >= 4 is 28.9 Å². The molecule has 0 fully saturated rings. The Morgan fingerprint density at radius 3 is 2.19 bits per heavy atom. The molecule has 1 N–H and O–H groups in total. The molecule has 0 spiro atoms. The van der Waals surface area contributed by atoms with E-state index in [4.69, 9.17) is 23.2 Å². The Bertz CT molecular complexity index is 983. The zero-order valence-corrected chi connectivity index (χ0v) is 16.1. The molecule has 0 aliphatic rings. The van der Waals surface area contributed by atoms with Crippen LogP contribution in [-0.2, 0) is 0 Å². The number of rotatable bonds is 5. The molecule has 0 amide bonds. The first-order valence-electron chi connectivity index (χ1n) is 8.39. The van der Waals surface area contributed by atoms with Crippen molar-refractivity contribution in [2.24, 2.45) is 4.99 Å². The molecule has 0 saturated heterocycles. The summed E-state index contributed by atoms with van der Waals surface area (Å²) < 4.78 is 1.51. The van der Waals surface area contributed by atoms with Crippen molar-refractivity contribution in [3.05, 3.63) is 85.8 Å². The molecule has 0 unspecified atom stereocenters. The van der Waals surface area contributed by atoms with Crippen LogP contribution in [-0.4, -0.2) is 22.0 Å². The lowest BCUT2D eigenvalue weighted by Crippen LogP contribution is -2.21. The van der Waals surface area contributed by atoms with Gasteiger partial charge in [0.2, 0.25) is 0 Å². The highest BCUT2D eigenvalue weighted by molar-refractivity contribution is 6.31. The predicted octanol–water partition coefficient (Wildman–Crippen LogP) is 5.03. The van der Waals surface area contributed by atoms with E-state index in [0.29, 0.717) is 27.9 Å². The SMILES string of the molecule is CCCN=C(c1ccc(Cl)cc1)c1c(C)[nH]n(-c2ccc(Cl)cc2)c1=O. The number of aromatic amines is 1. The van der Waals surface area contributed by atoms with Crippen LogP contribution in [0.1, 0.15) is 30.2 Å². The Balaban J connectivity index is 2.14. The van der Waals surface area contributed by atoms with Crippen LogP contribution in [0.3, 0.4) is 0 Å². The number of hydrogen-bond donors (Lipinski definition) is 1. The largest absolute Gasteiger partial charge is 0.295 e. The quantitative estimate of drug-likeness (QED) is 0.613. The van der Waals surface area contributed by atoms with E-state index in [9.17, 15) is 4.79 Å². The maximum absolute atomic E-state index is 13.1. The van der Waals surface area contributed by atoms with Crippen molar-refractivity contribution in [1.29, 1.82) is 0 Å². The van der Waals surface area contributed by atoms with Gasteiger partial charge in [0.05, 0.1) is 17.0 Å². The third-order valence-corrected chi connectivity index (χ3v) is 4.51. The minimum atomic E-state index is -0.144. The number of aliphatic imine (C=N–C) groups is 1. The Morgan fingerprint density at radius 2 is 1.62 bits per heavy atom. The number of halogens is 2. The third kappa shape index (κ3) is 3.76. The number of H-pyrrole nitrogens is 1. The lowest BCUT2D eigenvalue weighted by atomic mass is 10.0. The molecular formula is C20H19Cl2N3O. The fourth-order valence-corrected chi connectivity index (χ4v) is 3.00. The first-order valence-corrected chi connectivity index (χ1v) is 9.15. The van der Waals surface area contributed by atoms with E-state index in [1.165, 1.54) is 4.68 Å². The summed E-state index contributed by atoms with van der Waals surface area (Å²) in [4.78, 5) is 17.8. The standard InChI is InChI=1S/C20H19Cl2N3O/c1-3-12-23-19(14-4-6-15(21)7-5-14)18-13(2)24-25(20(18)26)17-10-8-16(22)9-11-17/h4-11,24H,3,12H2,1-2H3. The highest BCUT2D eigenvalue weighted by Gasteiger charge is 2.19. The van der Waals surface area contributed by atoms with E-state index in [0.717, 1.165) is 23.4 Å².